The molecular weight excluding hydrogens is 260 g/mol. The molecule has 0 saturated heterocycles. The second kappa shape index (κ2) is 7.99. The minimum absolute atomic E-state index is 0.181. The molecule has 0 aliphatic heterocycles. The Hall–Kier alpha value is -1.30. The highest BCUT2D eigenvalue weighted by atomic mass is 32.1. The number of rotatable bonds is 8. The van der Waals surface area contributed by atoms with Gasteiger partial charge in [-0.05, 0) is 24.4 Å². The average molecular weight is 284 g/mol. The van der Waals surface area contributed by atoms with Crippen molar-refractivity contribution < 1.29 is 4.79 Å². The summed E-state index contributed by atoms with van der Waals surface area (Å²) in [5.74, 6) is 0.122. The molecular formula is C13H24N4OS. The van der Waals surface area contributed by atoms with Crippen molar-refractivity contribution in [2.45, 2.75) is 52.0 Å². The summed E-state index contributed by atoms with van der Waals surface area (Å²) in [7, 11) is 1.60. The van der Waals surface area contributed by atoms with Crippen LogP contribution in [-0.2, 0) is 0 Å². The first-order valence-electron chi connectivity index (χ1n) is 6.87. The van der Waals surface area contributed by atoms with Crippen LogP contribution in [0.3, 0.4) is 0 Å². The molecule has 1 unspecified atom stereocenters. The lowest BCUT2D eigenvalue weighted by molar-refractivity contribution is 0.0965. The van der Waals surface area contributed by atoms with Gasteiger partial charge in [0.1, 0.15) is 10.6 Å². The molecule has 1 amide bonds. The van der Waals surface area contributed by atoms with E-state index in [0.29, 0.717) is 17.4 Å². The molecule has 5 nitrogen and oxygen atoms in total. The van der Waals surface area contributed by atoms with E-state index in [0.717, 1.165) is 24.3 Å². The zero-order valence-corrected chi connectivity index (χ0v) is 12.8. The first kappa shape index (κ1) is 15.8. The van der Waals surface area contributed by atoms with Crippen LogP contribution in [0.25, 0.3) is 0 Å². The quantitative estimate of drug-likeness (QED) is 0.685. The number of nitrogens with zero attached hydrogens (tertiary/aromatic N) is 1. The summed E-state index contributed by atoms with van der Waals surface area (Å²) < 4.78 is 4.08. The zero-order chi connectivity index (χ0) is 14.3. The molecule has 1 aromatic rings. The highest BCUT2D eigenvalue weighted by Crippen LogP contribution is 2.28. The van der Waals surface area contributed by atoms with E-state index in [2.05, 4.69) is 28.9 Å². The molecule has 6 heteroatoms. The van der Waals surface area contributed by atoms with Gasteiger partial charge in [-0.15, -0.1) is 0 Å². The van der Waals surface area contributed by atoms with Crippen LogP contribution in [0.1, 0.15) is 56.3 Å². The molecule has 0 aliphatic rings. The Morgan fingerprint density at radius 2 is 2.11 bits per heavy atom. The number of carbonyl (C=O) groups is 1. The molecule has 1 atom stereocenters. The van der Waals surface area contributed by atoms with Gasteiger partial charge in [0.25, 0.3) is 5.91 Å². The zero-order valence-electron chi connectivity index (χ0n) is 12.0. The number of nitrogens with one attached hydrogen (secondary N) is 2. The van der Waals surface area contributed by atoms with E-state index in [1.54, 1.807) is 7.05 Å². The van der Waals surface area contributed by atoms with Crippen molar-refractivity contribution in [2.24, 2.45) is 0 Å². The number of nitrogen functional groups attached to an aromatic ring is 1. The summed E-state index contributed by atoms with van der Waals surface area (Å²) in [6.07, 6.45) is 5.67. The van der Waals surface area contributed by atoms with E-state index < -0.39 is 0 Å². The van der Waals surface area contributed by atoms with Crippen molar-refractivity contribution in [2.75, 3.05) is 18.1 Å². The van der Waals surface area contributed by atoms with Gasteiger partial charge in [0.2, 0.25) is 0 Å². The maximum Gasteiger partial charge on any atom is 0.257 e. The summed E-state index contributed by atoms with van der Waals surface area (Å²) in [6, 6.07) is 0.383. The topological polar surface area (TPSA) is 80.0 Å². The molecule has 0 radical (unpaired) electrons. The SMILES string of the molecule is CCCCC(CCC)Nc1snc(N)c1C(=O)NC. The third-order valence-electron chi connectivity index (χ3n) is 3.05. The maximum atomic E-state index is 11.8. The largest absolute Gasteiger partial charge is 0.382 e. The fourth-order valence-electron chi connectivity index (χ4n) is 2.02. The molecule has 0 fully saturated rings. The monoisotopic (exact) mass is 284 g/mol. The fraction of sp³-hybridized carbons (Fsp3) is 0.692. The Bertz CT molecular complexity index is 405. The first-order valence-corrected chi connectivity index (χ1v) is 7.65. The standard InChI is InChI=1S/C13H24N4OS/c1-4-6-8-9(7-5-2)16-13-10(12(18)15-3)11(14)17-19-13/h9,16H,4-8H2,1-3H3,(H2,14,17)(H,15,18). The van der Waals surface area contributed by atoms with Gasteiger partial charge in [0, 0.05) is 13.1 Å². The molecule has 0 aromatic carbocycles. The van der Waals surface area contributed by atoms with E-state index in [1.165, 1.54) is 24.4 Å². The number of aromatic nitrogens is 1. The fourth-order valence-corrected chi connectivity index (χ4v) is 2.81. The van der Waals surface area contributed by atoms with Crippen LogP contribution in [0, 0.1) is 0 Å². The first-order chi connectivity index (χ1) is 9.13. The number of hydrogen-bond donors (Lipinski definition) is 3. The minimum atomic E-state index is -0.181. The number of carbonyl (C=O) groups excluding carboxylic acids is 1. The van der Waals surface area contributed by atoms with Gasteiger partial charge in [0.15, 0.2) is 5.82 Å². The lowest BCUT2D eigenvalue weighted by Crippen LogP contribution is -2.23. The molecule has 1 heterocycles. The van der Waals surface area contributed by atoms with Crippen molar-refractivity contribution >= 4 is 28.3 Å². The number of anilines is 2. The van der Waals surface area contributed by atoms with Crippen LogP contribution in [0.5, 0.6) is 0 Å². The molecule has 0 aliphatic carbocycles. The lowest BCUT2D eigenvalue weighted by Gasteiger charge is -2.18. The molecule has 108 valence electrons. The highest BCUT2D eigenvalue weighted by molar-refractivity contribution is 7.11. The second-order valence-electron chi connectivity index (χ2n) is 4.62. The van der Waals surface area contributed by atoms with Gasteiger partial charge in [0.05, 0.1) is 0 Å². The molecule has 0 bridgehead atoms. The van der Waals surface area contributed by atoms with Gasteiger partial charge in [-0.2, -0.15) is 4.37 Å². The molecule has 4 N–H and O–H groups in total. The van der Waals surface area contributed by atoms with Crippen LogP contribution < -0.4 is 16.4 Å². The summed E-state index contributed by atoms with van der Waals surface area (Å²) in [5, 5.41) is 6.82. The molecule has 0 saturated carbocycles. The second-order valence-corrected chi connectivity index (χ2v) is 5.40. The Morgan fingerprint density at radius 1 is 1.37 bits per heavy atom. The van der Waals surface area contributed by atoms with Gasteiger partial charge >= 0.3 is 0 Å². The Morgan fingerprint density at radius 3 is 2.68 bits per heavy atom. The summed E-state index contributed by atoms with van der Waals surface area (Å²) >= 11 is 1.26. The normalized spacial score (nSPS) is 12.2. The van der Waals surface area contributed by atoms with Crippen molar-refractivity contribution in [3.8, 4) is 0 Å². The molecule has 1 rings (SSSR count). The lowest BCUT2D eigenvalue weighted by atomic mass is 10.1. The Balaban J connectivity index is 2.80. The Kier molecular flexibility index (Phi) is 6.62. The summed E-state index contributed by atoms with van der Waals surface area (Å²) in [4.78, 5) is 11.8. The van der Waals surface area contributed by atoms with E-state index in [1.807, 2.05) is 0 Å². The summed E-state index contributed by atoms with van der Waals surface area (Å²) in [6.45, 7) is 4.35. The molecule has 1 aromatic heterocycles. The predicted molar refractivity (Wildman–Crippen MR) is 81.8 cm³/mol. The van der Waals surface area contributed by atoms with Crippen LogP contribution in [0.15, 0.2) is 0 Å². The van der Waals surface area contributed by atoms with E-state index >= 15 is 0 Å². The number of amides is 1. The van der Waals surface area contributed by atoms with Crippen LogP contribution >= 0.6 is 11.5 Å². The van der Waals surface area contributed by atoms with Crippen LogP contribution in [-0.4, -0.2) is 23.4 Å². The van der Waals surface area contributed by atoms with E-state index in [9.17, 15) is 4.79 Å². The van der Waals surface area contributed by atoms with Crippen molar-refractivity contribution in [3.63, 3.8) is 0 Å². The van der Waals surface area contributed by atoms with Crippen molar-refractivity contribution in [3.05, 3.63) is 5.56 Å². The van der Waals surface area contributed by atoms with Crippen molar-refractivity contribution in [1.82, 2.24) is 9.69 Å². The van der Waals surface area contributed by atoms with Gasteiger partial charge in [-0.3, -0.25) is 4.79 Å². The molecule has 0 spiro atoms. The number of nitrogens with two attached hydrogens (primary N) is 1. The smallest absolute Gasteiger partial charge is 0.257 e. The van der Waals surface area contributed by atoms with Crippen LogP contribution in [0.4, 0.5) is 10.8 Å². The number of hydrogen-bond acceptors (Lipinski definition) is 5. The minimum Gasteiger partial charge on any atom is -0.382 e. The molecule has 19 heavy (non-hydrogen) atoms. The third-order valence-corrected chi connectivity index (χ3v) is 3.84. The maximum absolute atomic E-state index is 11.8. The van der Waals surface area contributed by atoms with Gasteiger partial charge in [-0.25, -0.2) is 0 Å². The van der Waals surface area contributed by atoms with Crippen molar-refractivity contribution in [1.29, 1.82) is 0 Å². The predicted octanol–water partition coefficient (Wildman–Crippen LogP) is 2.86. The van der Waals surface area contributed by atoms with Gasteiger partial charge in [-0.1, -0.05) is 33.1 Å². The van der Waals surface area contributed by atoms with E-state index in [-0.39, 0.29) is 5.91 Å². The number of unbranched alkanes of at least 4 members (excludes halogenated alkanes) is 1. The van der Waals surface area contributed by atoms with Gasteiger partial charge < -0.3 is 16.4 Å². The average Bonchev–Trinajstić information content (AvgIpc) is 2.76. The van der Waals surface area contributed by atoms with Crippen LogP contribution in [0.2, 0.25) is 0 Å². The highest BCUT2D eigenvalue weighted by Gasteiger charge is 2.20. The van der Waals surface area contributed by atoms with E-state index in [4.69, 9.17) is 5.73 Å². The third kappa shape index (κ3) is 4.38. The summed E-state index contributed by atoms with van der Waals surface area (Å²) in [5.41, 5.74) is 6.24. The Labute approximate surface area is 119 Å².